The first-order valence-corrected chi connectivity index (χ1v) is 7.21. The highest BCUT2D eigenvalue weighted by atomic mass is 19.1. The molecular weight excluding hydrogens is 270 g/mol. The molecule has 0 heterocycles. The molecule has 108 valence electrons. The predicted molar refractivity (Wildman–Crippen MR) is 77.4 cm³/mol. The summed E-state index contributed by atoms with van der Waals surface area (Å²) in [6, 6.07) is 11.1. The maximum atomic E-state index is 13.6. The molecule has 1 aliphatic carbocycles. The van der Waals surface area contributed by atoms with Crippen LogP contribution in [0.3, 0.4) is 0 Å². The fraction of sp³-hybridized carbons (Fsp3) is 0.278. The average molecular weight is 286 g/mol. The lowest BCUT2D eigenvalue weighted by Crippen LogP contribution is -2.10. The summed E-state index contributed by atoms with van der Waals surface area (Å²) in [5.74, 6) is -0.999. The number of carbonyl (C=O) groups excluding carboxylic acids is 1. The van der Waals surface area contributed by atoms with Crippen molar-refractivity contribution in [2.45, 2.75) is 31.6 Å². The number of hydrogen-bond donors (Lipinski definition) is 0. The number of ketones is 1. The molecular formula is C18H16F2O. The Labute approximate surface area is 122 Å². The quantitative estimate of drug-likeness (QED) is 0.747. The van der Waals surface area contributed by atoms with Crippen LogP contribution in [0.4, 0.5) is 8.78 Å². The third-order valence-corrected chi connectivity index (χ3v) is 4.21. The number of carbonyl (C=O) groups is 1. The minimum atomic E-state index is -0.672. The van der Waals surface area contributed by atoms with Crippen LogP contribution in [0.2, 0.25) is 0 Å². The lowest BCUT2D eigenvalue weighted by Gasteiger charge is -2.25. The molecule has 0 aliphatic heterocycles. The third kappa shape index (κ3) is 2.87. The SMILES string of the molecule is O=C(Cc1c(F)cccc1F)c1ccc(C2CCC2)cc1. The zero-order chi connectivity index (χ0) is 14.8. The molecule has 1 nitrogen and oxygen atoms in total. The van der Waals surface area contributed by atoms with Crippen LogP contribution in [0.5, 0.6) is 0 Å². The number of halogens is 2. The first kappa shape index (κ1) is 13.9. The van der Waals surface area contributed by atoms with E-state index in [-0.39, 0.29) is 17.8 Å². The van der Waals surface area contributed by atoms with Gasteiger partial charge in [-0.3, -0.25) is 4.79 Å². The summed E-state index contributed by atoms with van der Waals surface area (Å²) in [5, 5.41) is 0. The van der Waals surface area contributed by atoms with Crippen LogP contribution >= 0.6 is 0 Å². The van der Waals surface area contributed by atoms with Crippen molar-refractivity contribution in [2.24, 2.45) is 0 Å². The van der Waals surface area contributed by atoms with E-state index in [0.29, 0.717) is 11.5 Å². The fourth-order valence-corrected chi connectivity index (χ4v) is 2.65. The molecule has 2 aromatic carbocycles. The molecule has 3 heteroatoms. The normalized spacial score (nSPS) is 14.8. The molecule has 1 aliphatic rings. The first-order chi connectivity index (χ1) is 10.1. The molecule has 3 rings (SSSR count). The van der Waals surface area contributed by atoms with E-state index in [1.165, 1.54) is 43.0 Å². The van der Waals surface area contributed by atoms with Crippen LogP contribution in [0.25, 0.3) is 0 Å². The molecule has 21 heavy (non-hydrogen) atoms. The lowest BCUT2D eigenvalue weighted by molar-refractivity contribution is 0.0990. The van der Waals surface area contributed by atoms with Crippen molar-refractivity contribution in [3.8, 4) is 0 Å². The van der Waals surface area contributed by atoms with Gasteiger partial charge < -0.3 is 0 Å². The molecule has 0 unspecified atom stereocenters. The van der Waals surface area contributed by atoms with Gasteiger partial charge in [0.05, 0.1) is 0 Å². The Bertz CT molecular complexity index is 637. The Morgan fingerprint density at radius 1 is 1.00 bits per heavy atom. The molecule has 0 spiro atoms. The molecule has 0 bridgehead atoms. The molecule has 0 aromatic heterocycles. The first-order valence-electron chi connectivity index (χ1n) is 7.21. The van der Waals surface area contributed by atoms with Crippen molar-refractivity contribution in [3.63, 3.8) is 0 Å². The minimum absolute atomic E-state index is 0.162. The smallest absolute Gasteiger partial charge is 0.167 e. The second-order valence-electron chi connectivity index (χ2n) is 5.55. The molecule has 0 N–H and O–H groups in total. The van der Waals surface area contributed by atoms with Gasteiger partial charge in [-0.1, -0.05) is 36.8 Å². The van der Waals surface area contributed by atoms with E-state index in [1.807, 2.05) is 12.1 Å². The van der Waals surface area contributed by atoms with E-state index >= 15 is 0 Å². The van der Waals surface area contributed by atoms with Gasteiger partial charge in [0.25, 0.3) is 0 Å². The fourth-order valence-electron chi connectivity index (χ4n) is 2.65. The van der Waals surface area contributed by atoms with Crippen molar-refractivity contribution in [1.29, 1.82) is 0 Å². The third-order valence-electron chi connectivity index (χ3n) is 4.21. The number of rotatable bonds is 4. The highest BCUT2D eigenvalue weighted by Crippen LogP contribution is 2.36. The summed E-state index contributed by atoms with van der Waals surface area (Å²) >= 11 is 0. The largest absolute Gasteiger partial charge is 0.294 e. The van der Waals surface area contributed by atoms with Crippen molar-refractivity contribution >= 4 is 5.78 Å². The van der Waals surface area contributed by atoms with Crippen LogP contribution in [0.1, 0.15) is 46.7 Å². The summed E-state index contributed by atoms with van der Waals surface area (Å²) in [7, 11) is 0. The minimum Gasteiger partial charge on any atom is -0.294 e. The van der Waals surface area contributed by atoms with E-state index in [0.717, 1.165) is 0 Å². The van der Waals surface area contributed by atoms with Gasteiger partial charge in [0.2, 0.25) is 0 Å². The van der Waals surface area contributed by atoms with Gasteiger partial charge in [0.1, 0.15) is 11.6 Å². The Kier molecular flexibility index (Phi) is 3.82. The van der Waals surface area contributed by atoms with Gasteiger partial charge in [-0.15, -0.1) is 0 Å². The lowest BCUT2D eigenvalue weighted by atomic mass is 9.80. The number of Topliss-reactive ketones (excluding diaryl/α,β-unsaturated/α-hetero) is 1. The van der Waals surface area contributed by atoms with E-state index in [1.54, 1.807) is 12.1 Å². The Morgan fingerprint density at radius 2 is 1.62 bits per heavy atom. The molecule has 0 radical (unpaired) electrons. The van der Waals surface area contributed by atoms with Crippen LogP contribution in [-0.2, 0) is 6.42 Å². The van der Waals surface area contributed by atoms with E-state index in [4.69, 9.17) is 0 Å². The molecule has 1 fully saturated rings. The Hall–Kier alpha value is -2.03. The molecule has 0 amide bonds. The topological polar surface area (TPSA) is 17.1 Å². The maximum absolute atomic E-state index is 13.6. The maximum Gasteiger partial charge on any atom is 0.167 e. The zero-order valence-corrected chi connectivity index (χ0v) is 11.6. The second-order valence-corrected chi connectivity index (χ2v) is 5.55. The monoisotopic (exact) mass is 286 g/mol. The highest BCUT2D eigenvalue weighted by molar-refractivity contribution is 5.97. The number of benzene rings is 2. The summed E-state index contributed by atoms with van der Waals surface area (Å²) in [4.78, 5) is 12.1. The standard InChI is InChI=1S/C18H16F2O/c19-16-5-2-6-17(20)15(16)11-18(21)14-9-7-13(8-10-14)12-3-1-4-12/h2,5-10,12H,1,3-4,11H2. The summed E-state index contributed by atoms with van der Waals surface area (Å²) in [6.45, 7) is 0. The van der Waals surface area contributed by atoms with Crippen LogP contribution in [-0.4, -0.2) is 5.78 Å². The van der Waals surface area contributed by atoms with E-state index in [9.17, 15) is 13.6 Å². The van der Waals surface area contributed by atoms with Gasteiger partial charge in [0.15, 0.2) is 5.78 Å². The zero-order valence-electron chi connectivity index (χ0n) is 11.6. The average Bonchev–Trinajstić information content (AvgIpc) is 2.42. The van der Waals surface area contributed by atoms with Crippen LogP contribution in [0, 0.1) is 11.6 Å². The van der Waals surface area contributed by atoms with Gasteiger partial charge in [-0.2, -0.15) is 0 Å². The van der Waals surface area contributed by atoms with E-state index < -0.39 is 11.6 Å². The summed E-state index contributed by atoms with van der Waals surface area (Å²) in [5.41, 5.74) is 1.58. The molecule has 2 aromatic rings. The summed E-state index contributed by atoms with van der Waals surface area (Å²) in [6.07, 6.45) is 3.42. The van der Waals surface area contributed by atoms with Crippen molar-refractivity contribution in [3.05, 3.63) is 70.8 Å². The van der Waals surface area contributed by atoms with Crippen molar-refractivity contribution < 1.29 is 13.6 Å². The van der Waals surface area contributed by atoms with Gasteiger partial charge >= 0.3 is 0 Å². The number of hydrogen-bond acceptors (Lipinski definition) is 1. The molecule has 0 saturated heterocycles. The van der Waals surface area contributed by atoms with Gasteiger partial charge in [-0.25, -0.2) is 8.78 Å². The van der Waals surface area contributed by atoms with Crippen molar-refractivity contribution in [2.75, 3.05) is 0 Å². The summed E-state index contributed by atoms with van der Waals surface area (Å²) < 4.78 is 27.1. The Balaban J connectivity index is 1.76. The molecule has 1 saturated carbocycles. The predicted octanol–water partition coefficient (Wildman–Crippen LogP) is 4.66. The van der Waals surface area contributed by atoms with Gasteiger partial charge in [0, 0.05) is 17.5 Å². The van der Waals surface area contributed by atoms with Crippen LogP contribution < -0.4 is 0 Å². The Morgan fingerprint density at radius 3 is 2.14 bits per heavy atom. The highest BCUT2D eigenvalue weighted by Gasteiger charge is 2.20. The van der Waals surface area contributed by atoms with Crippen LogP contribution in [0.15, 0.2) is 42.5 Å². The second kappa shape index (κ2) is 5.76. The van der Waals surface area contributed by atoms with E-state index in [2.05, 4.69) is 0 Å². The molecule has 0 atom stereocenters. The van der Waals surface area contributed by atoms with Crippen molar-refractivity contribution in [1.82, 2.24) is 0 Å². The van der Waals surface area contributed by atoms with Gasteiger partial charge in [-0.05, 0) is 36.5 Å².